The number of rotatable bonds is 3. The molecule has 0 spiro atoms. The van der Waals surface area contributed by atoms with E-state index in [1.54, 1.807) is 0 Å². The van der Waals surface area contributed by atoms with Crippen molar-refractivity contribution < 1.29 is 0 Å². The molecule has 0 unspecified atom stereocenters. The quantitative estimate of drug-likeness (QED) is 0.753. The molecule has 0 aliphatic heterocycles. The van der Waals surface area contributed by atoms with E-state index in [9.17, 15) is 0 Å². The van der Waals surface area contributed by atoms with Gasteiger partial charge in [-0.05, 0) is 19.1 Å². The van der Waals surface area contributed by atoms with Gasteiger partial charge in [-0.15, -0.1) is 0 Å². The summed E-state index contributed by atoms with van der Waals surface area (Å²) in [4.78, 5) is 0. The Morgan fingerprint density at radius 1 is 1.31 bits per heavy atom. The monoisotopic (exact) mass is 215 g/mol. The van der Waals surface area contributed by atoms with Crippen LogP contribution in [0.3, 0.4) is 0 Å². The molecule has 70 valence electrons. The summed E-state index contributed by atoms with van der Waals surface area (Å²) in [6.07, 6.45) is 3.97. The summed E-state index contributed by atoms with van der Waals surface area (Å²) in [5.74, 6) is 0. The molecular weight excluding hydrogens is 205 g/mol. The Kier molecular flexibility index (Phi) is 4.13. The number of para-hydroxylation sites is 1. The minimum atomic E-state index is 0.650. The van der Waals surface area contributed by atoms with Gasteiger partial charge in [0.15, 0.2) is 0 Å². The summed E-state index contributed by atoms with van der Waals surface area (Å²) < 4.78 is 0. The third kappa shape index (κ3) is 2.94. The fourth-order valence-electron chi connectivity index (χ4n) is 0.946. The Labute approximate surface area is 88.4 Å². The maximum Gasteiger partial charge on any atom is 0.0721 e. The first-order valence-corrected chi connectivity index (χ1v) is 4.80. The van der Waals surface area contributed by atoms with Crippen LogP contribution in [0.2, 0.25) is 10.0 Å². The Morgan fingerprint density at radius 2 is 1.92 bits per heavy atom. The van der Waals surface area contributed by atoms with Gasteiger partial charge in [0.2, 0.25) is 0 Å². The Morgan fingerprint density at radius 3 is 2.46 bits per heavy atom. The Balaban J connectivity index is 2.75. The second-order valence-corrected chi connectivity index (χ2v) is 3.36. The number of hydrogen-bond donors (Lipinski definition) is 1. The molecule has 1 nitrogen and oxygen atoms in total. The summed E-state index contributed by atoms with van der Waals surface area (Å²) in [6.45, 7) is 2.70. The van der Waals surface area contributed by atoms with Gasteiger partial charge in [0.25, 0.3) is 0 Å². The van der Waals surface area contributed by atoms with Gasteiger partial charge in [0.05, 0.1) is 15.7 Å². The summed E-state index contributed by atoms with van der Waals surface area (Å²) in [5.41, 5.74) is 0.795. The highest BCUT2D eigenvalue weighted by Crippen LogP contribution is 2.29. The molecule has 1 rings (SSSR count). The summed E-state index contributed by atoms with van der Waals surface area (Å²) >= 11 is 11.9. The molecule has 0 amide bonds. The van der Waals surface area contributed by atoms with E-state index >= 15 is 0 Å². The van der Waals surface area contributed by atoms with Crippen LogP contribution in [0, 0.1) is 0 Å². The molecule has 1 N–H and O–H groups in total. The molecule has 0 atom stereocenters. The molecule has 13 heavy (non-hydrogen) atoms. The van der Waals surface area contributed by atoms with E-state index in [0.717, 1.165) is 12.2 Å². The number of nitrogens with one attached hydrogen (secondary N) is 1. The molecular formula is C10H11Cl2N. The molecule has 3 heteroatoms. The molecule has 0 fully saturated rings. The van der Waals surface area contributed by atoms with Crippen molar-refractivity contribution in [1.29, 1.82) is 0 Å². The summed E-state index contributed by atoms with van der Waals surface area (Å²) in [6, 6.07) is 5.45. The topological polar surface area (TPSA) is 12.0 Å². The van der Waals surface area contributed by atoms with Crippen molar-refractivity contribution in [3.05, 3.63) is 40.4 Å². The van der Waals surface area contributed by atoms with Crippen LogP contribution in [0.4, 0.5) is 5.69 Å². The minimum absolute atomic E-state index is 0.650. The first-order valence-electron chi connectivity index (χ1n) is 4.04. The largest absolute Gasteiger partial charge is 0.379 e. The standard InChI is InChI=1S/C10H11Cl2N/c1-2-3-7-13-10-8(11)5-4-6-9(10)12/h2-6,13H,7H2,1H3/b3-2+. The second-order valence-electron chi connectivity index (χ2n) is 2.55. The number of hydrogen-bond acceptors (Lipinski definition) is 1. The Bertz CT molecular complexity index is 288. The highest BCUT2D eigenvalue weighted by Gasteiger charge is 2.02. The van der Waals surface area contributed by atoms with Crippen LogP contribution in [0.15, 0.2) is 30.4 Å². The van der Waals surface area contributed by atoms with Gasteiger partial charge < -0.3 is 5.32 Å². The predicted octanol–water partition coefficient (Wildman–Crippen LogP) is 3.98. The molecule has 0 aromatic heterocycles. The van der Waals surface area contributed by atoms with Crippen molar-refractivity contribution in [1.82, 2.24) is 0 Å². The molecule has 0 saturated carbocycles. The van der Waals surface area contributed by atoms with Gasteiger partial charge in [0.1, 0.15) is 0 Å². The molecule has 1 aromatic rings. The van der Waals surface area contributed by atoms with E-state index in [0.29, 0.717) is 10.0 Å². The molecule has 0 heterocycles. The normalized spacial score (nSPS) is 10.7. The molecule has 1 aromatic carbocycles. The van der Waals surface area contributed by atoms with Crippen molar-refractivity contribution in [2.24, 2.45) is 0 Å². The first kappa shape index (κ1) is 10.4. The highest BCUT2D eigenvalue weighted by molar-refractivity contribution is 6.39. The van der Waals surface area contributed by atoms with Gasteiger partial charge in [-0.3, -0.25) is 0 Å². The lowest BCUT2D eigenvalue weighted by Crippen LogP contribution is -1.99. The number of allylic oxidation sites excluding steroid dienone is 1. The van der Waals surface area contributed by atoms with Gasteiger partial charge in [-0.25, -0.2) is 0 Å². The minimum Gasteiger partial charge on any atom is -0.379 e. The summed E-state index contributed by atoms with van der Waals surface area (Å²) in [5, 5.41) is 4.43. The van der Waals surface area contributed by atoms with E-state index < -0.39 is 0 Å². The lowest BCUT2D eigenvalue weighted by Gasteiger charge is -2.07. The van der Waals surface area contributed by atoms with Crippen molar-refractivity contribution in [3.63, 3.8) is 0 Å². The van der Waals surface area contributed by atoms with Gasteiger partial charge in [0, 0.05) is 6.54 Å². The van der Waals surface area contributed by atoms with Crippen LogP contribution in [0.25, 0.3) is 0 Å². The Hall–Kier alpha value is -0.660. The molecule has 0 saturated heterocycles. The van der Waals surface area contributed by atoms with E-state index in [-0.39, 0.29) is 0 Å². The number of anilines is 1. The van der Waals surface area contributed by atoms with E-state index in [1.807, 2.05) is 37.3 Å². The van der Waals surface area contributed by atoms with E-state index in [4.69, 9.17) is 23.2 Å². The van der Waals surface area contributed by atoms with E-state index in [1.165, 1.54) is 0 Å². The lowest BCUT2D eigenvalue weighted by molar-refractivity contribution is 1.33. The predicted molar refractivity (Wildman–Crippen MR) is 59.8 cm³/mol. The van der Waals surface area contributed by atoms with Crippen LogP contribution in [0.5, 0.6) is 0 Å². The van der Waals surface area contributed by atoms with Crippen LogP contribution in [0.1, 0.15) is 6.92 Å². The third-order valence-corrected chi connectivity index (χ3v) is 2.23. The lowest BCUT2D eigenvalue weighted by atomic mass is 10.3. The second kappa shape index (κ2) is 5.15. The number of benzene rings is 1. The van der Waals surface area contributed by atoms with E-state index in [2.05, 4.69) is 5.32 Å². The van der Waals surface area contributed by atoms with Crippen molar-refractivity contribution in [2.75, 3.05) is 11.9 Å². The zero-order valence-electron chi connectivity index (χ0n) is 7.35. The van der Waals surface area contributed by atoms with Gasteiger partial charge in [-0.2, -0.15) is 0 Å². The fourth-order valence-corrected chi connectivity index (χ4v) is 1.48. The molecule has 0 radical (unpaired) electrons. The van der Waals surface area contributed by atoms with Crippen molar-refractivity contribution in [2.45, 2.75) is 6.92 Å². The maximum absolute atomic E-state index is 5.94. The van der Waals surface area contributed by atoms with Gasteiger partial charge >= 0.3 is 0 Å². The van der Waals surface area contributed by atoms with Crippen molar-refractivity contribution in [3.8, 4) is 0 Å². The van der Waals surface area contributed by atoms with Crippen LogP contribution >= 0.6 is 23.2 Å². The first-order chi connectivity index (χ1) is 6.25. The third-order valence-electron chi connectivity index (χ3n) is 1.60. The van der Waals surface area contributed by atoms with Gasteiger partial charge in [-0.1, -0.05) is 41.4 Å². The number of halogens is 2. The average Bonchev–Trinajstić information content (AvgIpc) is 2.10. The van der Waals surface area contributed by atoms with Crippen molar-refractivity contribution >= 4 is 28.9 Å². The molecule has 0 bridgehead atoms. The molecule has 0 aliphatic carbocycles. The smallest absolute Gasteiger partial charge is 0.0721 e. The summed E-state index contributed by atoms with van der Waals surface area (Å²) in [7, 11) is 0. The van der Waals surface area contributed by atoms with Crippen LogP contribution < -0.4 is 5.32 Å². The molecule has 0 aliphatic rings. The fraction of sp³-hybridized carbons (Fsp3) is 0.200. The maximum atomic E-state index is 5.94. The highest BCUT2D eigenvalue weighted by atomic mass is 35.5. The van der Waals surface area contributed by atoms with Crippen LogP contribution in [-0.4, -0.2) is 6.54 Å². The average molecular weight is 216 g/mol. The SMILES string of the molecule is C/C=C/CNc1c(Cl)cccc1Cl. The zero-order valence-corrected chi connectivity index (χ0v) is 8.86. The zero-order chi connectivity index (χ0) is 9.68. The van der Waals surface area contributed by atoms with Crippen LogP contribution in [-0.2, 0) is 0 Å².